The molecule has 0 fully saturated rings. The summed E-state index contributed by atoms with van der Waals surface area (Å²) < 4.78 is 5.13. The van der Waals surface area contributed by atoms with E-state index in [0.717, 1.165) is 18.5 Å². The van der Waals surface area contributed by atoms with Crippen LogP contribution in [0.3, 0.4) is 0 Å². The highest BCUT2D eigenvalue weighted by Gasteiger charge is 2.05. The molecule has 0 aliphatic heterocycles. The van der Waals surface area contributed by atoms with Crippen molar-refractivity contribution in [2.45, 2.75) is 20.3 Å². The fourth-order valence-corrected chi connectivity index (χ4v) is 1.37. The van der Waals surface area contributed by atoms with Crippen molar-refractivity contribution >= 4 is 5.97 Å². The Labute approximate surface area is 96.8 Å². The van der Waals surface area contributed by atoms with E-state index in [4.69, 9.17) is 4.74 Å². The van der Waals surface area contributed by atoms with Crippen LogP contribution in [0.5, 0.6) is 0 Å². The molecule has 0 saturated heterocycles. The van der Waals surface area contributed by atoms with Gasteiger partial charge in [-0.1, -0.05) is 24.6 Å². The summed E-state index contributed by atoms with van der Waals surface area (Å²) >= 11 is 0. The van der Waals surface area contributed by atoms with E-state index in [1.54, 1.807) is 6.07 Å². The Hall–Kier alpha value is -1.35. The number of carbonyl (C=O) groups excluding carboxylic acids is 1. The number of carbonyl (C=O) groups is 1. The maximum Gasteiger partial charge on any atom is 0.338 e. The van der Waals surface area contributed by atoms with Crippen molar-refractivity contribution in [2.75, 3.05) is 19.7 Å². The highest BCUT2D eigenvalue weighted by atomic mass is 16.5. The maximum absolute atomic E-state index is 11.6. The number of rotatable bonds is 6. The zero-order valence-electron chi connectivity index (χ0n) is 9.95. The summed E-state index contributed by atoms with van der Waals surface area (Å²) in [6.07, 6.45) is 1.09. The third kappa shape index (κ3) is 4.45. The van der Waals surface area contributed by atoms with Gasteiger partial charge in [0.2, 0.25) is 0 Å². The lowest BCUT2D eigenvalue weighted by Crippen LogP contribution is -2.22. The zero-order chi connectivity index (χ0) is 11.8. The molecule has 0 spiro atoms. The summed E-state index contributed by atoms with van der Waals surface area (Å²) in [5.41, 5.74) is 1.69. The van der Waals surface area contributed by atoms with Gasteiger partial charge in [-0.05, 0) is 32.0 Å². The topological polar surface area (TPSA) is 38.3 Å². The predicted octanol–water partition coefficient (Wildman–Crippen LogP) is 2.15. The van der Waals surface area contributed by atoms with Crippen molar-refractivity contribution < 1.29 is 9.53 Å². The van der Waals surface area contributed by atoms with Crippen molar-refractivity contribution in [3.8, 4) is 0 Å². The molecule has 88 valence electrons. The minimum Gasteiger partial charge on any atom is -0.461 e. The molecule has 1 rings (SSSR count). The standard InChI is InChI=1S/C13H19NO2/c1-3-7-14-8-9-16-13(15)12-6-4-5-11(2)10-12/h4-6,10,14H,3,7-9H2,1-2H3. The van der Waals surface area contributed by atoms with E-state index in [1.165, 1.54) is 0 Å². The molecular formula is C13H19NO2. The fraction of sp³-hybridized carbons (Fsp3) is 0.462. The first-order valence-corrected chi connectivity index (χ1v) is 5.68. The molecule has 0 heterocycles. The average Bonchev–Trinajstić information content (AvgIpc) is 2.28. The Balaban J connectivity index is 2.30. The van der Waals surface area contributed by atoms with Crippen LogP contribution in [0.4, 0.5) is 0 Å². The quantitative estimate of drug-likeness (QED) is 0.591. The molecule has 0 saturated carbocycles. The Morgan fingerprint density at radius 3 is 2.88 bits per heavy atom. The van der Waals surface area contributed by atoms with Crippen LogP contribution in [-0.4, -0.2) is 25.7 Å². The lowest BCUT2D eigenvalue weighted by atomic mass is 10.1. The molecule has 0 unspecified atom stereocenters. The van der Waals surface area contributed by atoms with E-state index >= 15 is 0 Å². The van der Waals surface area contributed by atoms with Gasteiger partial charge >= 0.3 is 5.97 Å². The number of aryl methyl sites for hydroxylation is 1. The second kappa shape index (κ2) is 7.01. The first-order valence-electron chi connectivity index (χ1n) is 5.68. The first kappa shape index (κ1) is 12.7. The van der Waals surface area contributed by atoms with Gasteiger partial charge in [0.25, 0.3) is 0 Å². The van der Waals surface area contributed by atoms with E-state index in [9.17, 15) is 4.79 Å². The molecular weight excluding hydrogens is 202 g/mol. The Morgan fingerprint density at radius 2 is 2.19 bits per heavy atom. The number of benzene rings is 1. The van der Waals surface area contributed by atoms with Crippen molar-refractivity contribution in [3.63, 3.8) is 0 Å². The van der Waals surface area contributed by atoms with E-state index in [0.29, 0.717) is 18.7 Å². The van der Waals surface area contributed by atoms with Gasteiger partial charge in [-0.2, -0.15) is 0 Å². The fourth-order valence-electron chi connectivity index (χ4n) is 1.37. The van der Waals surface area contributed by atoms with Gasteiger partial charge < -0.3 is 10.1 Å². The van der Waals surface area contributed by atoms with Gasteiger partial charge in [-0.15, -0.1) is 0 Å². The number of esters is 1. The molecule has 0 amide bonds. The molecule has 1 aromatic rings. The molecule has 0 atom stereocenters. The highest BCUT2D eigenvalue weighted by Crippen LogP contribution is 2.05. The second-order valence-electron chi connectivity index (χ2n) is 3.76. The molecule has 1 N–H and O–H groups in total. The van der Waals surface area contributed by atoms with Crippen LogP contribution in [0.25, 0.3) is 0 Å². The lowest BCUT2D eigenvalue weighted by Gasteiger charge is -2.06. The Morgan fingerprint density at radius 1 is 1.38 bits per heavy atom. The maximum atomic E-state index is 11.6. The molecule has 16 heavy (non-hydrogen) atoms. The second-order valence-corrected chi connectivity index (χ2v) is 3.76. The van der Waals surface area contributed by atoms with Crippen LogP contribution < -0.4 is 5.32 Å². The highest BCUT2D eigenvalue weighted by molar-refractivity contribution is 5.89. The summed E-state index contributed by atoms with van der Waals surface area (Å²) in [7, 11) is 0. The van der Waals surface area contributed by atoms with Crippen LogP contribution in [0.1, 0.15) is 29.3 Å². The van der Waals surface area contributed by atoms with Gasteiger partial charge in [0, 0.05) is 6.54 Å². The minimum absolute atomic E-state index is 0.248. The van der Waals surface area contributed by atoms with E-state index in [-0.39, 0.29) is 5.97 Å². The van der Waals surface area contributed by atoms with Crippen LogP contribution in [0.15, 0.2) is 24.3 Å². The molecule has 0 bridgehead atoms. The number of hydrogen-bond donors (Lipinski definition) is 1. The van der Waals surface area contributed by atoms with Crippen molar-refractivity contribution in [2.24, 2.45) is 0 Å². The van der Waals surface area contributed by atoms with Gasteiger partial charge in [0.15, 0.2) is 0 Å². The van der Waals surface area contributed by atoms with E-state index < -0.39 is 0 Å². The first-order chi connectivity index (χ1) is 7.74. The zero-order valence-corrected chi connectivity index (χ0v) is 9.95. The van der Waals surface area contributed by atoms with Crippen LogP contribution in [-0.2, 0) is 4.74 Å². The molecule has 0 aromatic heterocycles. The molecule has 0 aliphatic carbocycles. The molecule has 3 nitrogen and oxygen atoms in total. The van der Waals surface area contributed by atoms with Gasteiger partial charge in [-0.3, -0.25) is 0 Å². The van der Waals surface area contributed by atoms with Gasteiger partial charge in [0.1, 0.15) is 6.61 Å². The van der Waals surface area contributed by atoms with Crippen molar-refractivity contribution in [1.29, 1.82) is 0 Å². The van der Waals surface area contributed by atoms with Crippen LogP contribution >= 0.6 is 0 Å². The Bertz CT molecular complexity index is 336. The molecule has 1 aromatic carbocycles. The lowest BCUT2D eigenvalue weighted by molar-refractivity contribution is 0.0508. The summed E-state index contributed by atoms with van der Waals surface area (Å²) in [5.74, 6) is -0.248. The van der Waals surface area contributed by atoms with Crippen LogP contribution in [0.2, 0.25) is 0 Å². The molecule has 0 radical (unpaired) electrons. The third-order valence-corrected chi connectivity index (χ3v) is 2.19. The number of hydrogen-bond acceptors (Lipinski definition) is 3. The normalized spacial score (nSPS) is 10.1. The SMILES string of the molecule is CCCNCCOC(=O)c1cccc(C)c1. The van der Waals surface area contributed by atoms with Crippen molar-refractivity contribution in [3.05, 3.63) is 35.4 Å². The Kier molecular flexibility index (Phi) is 5.57. The van der Waals surface area contributed by atoms with Gasteiger partial charge in [0.05, 0.1) is 5.56 Å². The molecule has 3 heteroatoms. The molecule has 0 aliphatic rings. The summed E-state index contributed by atoms with van der Waals surface area (Å²) in [6, 6.07) is 7.43. The smallest absolute Gasteiger partial charge is 0.338 e. The van der Waals surface area contributed by atoms with Gasteiger partial charge in [-0.25, -0.2) is 4.79 Å². The number of ether oxygens (including phenoxy) is 1. The monoisotopic (exact) mass is 221 g/mol. The van der Waals surface area contributed by atoms with Crippen molar-refractivity contribution in [1.82, 2.24) is 5.32 Å². The summed E-state index contributed by atoms with van der Waals surface area (Å²) in [4.78, 5) is 11.6. The minimum atomic E-state index is -0.248. The predicted molar refractivity (Wildman–Crippen MR) is 64.6 cm³/mol. The van der Waals surface area contributed by atoms with Crippen LogP contribution in [0, 0.1) is 6.92 Å². The average molecular weight is 221 g/mol. The van der Waals surface area contributed by atoms with E-state index in [2.05, 4.69) is 12.2 Å². The third-order valence-electron chi connectivity index (χ3n) is 2.19. The largest absolute Gasteiger partial charge is 0.461 e. The number of nitrogens with one attached hydrogen (secondary N) is 1. The van der Waals surface area contributed by atoms with E-state index in [1.807, 2.05) is 25.1 Å². The summed E-state index contributed by atoms with van der Waals surface area (Å²) in [6.45, 7) is 6.16. The summed E-state index contributed by atoms with van der Waals surface area (Å²) in [5, 5.41) is 3.18.